The van der Waals surface area contributed by atoms with Crippen molar-refractivity contribution in [3.05, 3.63) is 17.1 Å². The van der Waals surface area contributed by atoms with Gasteiger partial charge in [-0.05, 0) is 33.1 Å². The van der Waals surface area contributed by atoms with E-state index in [9.17, 15) is 18.0 Å². The molecule has 0 aromatic carbocycles. The number of rotatable bonds is 2. The van der Waals surface area contributed by atoms with E-state index in [0.717, 1.165) is 18.5 Å². The van der Waals surface area contributed by atoms with Crippen LogP contribution in [0.25, 0.3) is 0 Å². The van der Waals surface area contributed by atoms with E-state index in [-0.39, 0.29) is 37.8 Å². The number of hydrogen-bond acceptors (Lipinski definition) is 5. The fourth-order valence-electron chi connectivity index (χ4n) is 3.55. The molecule has 1 aromatic rings. The number of carbonyl (C=O) groups is 1. The molecule has 2 aliphatic rings. The van der Waals surface area contributed by atoms with Crippen molar-refractivity contribution >= 4 is 11.7 Å². The molecular formula is C17H24F3N5O. The van der Waals surface area contributed by atoms with Crippen molar-refractivity contribution in [2.45, 2.75) is 45.3 Å². The van der Waals surface area contributed by atoms with Crippen LogP contribution in [0.4, 0.5) is 19.0 Å². The predicted molar refractivity (Wildman–Crippen MR) is 91.0 cm³/mol. The maximum Gasteiger partial charge on any atom is 0.391 e. The first kappa shape index (κ1) is 18.9. The van der Waals surface area contributed by atoms with E-state index in [2.05, 4.69) is 9.97 Å². The van der Waals surface area contributed by atoms with Crippen LogP contribution >= 0.6 is 0 Å². The number of amides is 1. The highest BCUT2D eigenvalue weighted by Gasteiger charge is 2.42. The summed E-state index contributed by atoms with van der Waals surface area (Å²) >= 11 is 0. The van der Waals surface area contributed by atoms with Gasteiger partial charge in [0.15, 0.2) is 0 Å². The summed E-state index contributed by atoms with van der Waals surface area (Å²) < 4.78 is 38.4. The molecule has 9 heteroatoms. The summed E-state index contributed by atoms with van der Waals surface area (Å²) in [5.74, 6) is -1.000. The lowest BCUT2D eigenvalue weighted by Crippen LogP contribution is -2.42. The average molecular weight is 371 g/mol. The van der Waals surface area contributed by atoms with Crippen LogP contribution in [0.2, 0.25) is 0 Å². The number of nitrogens with two attached hydrogens (primary N) is 1. The highest BCUT2D eigenvalue weighted by Crippen LogP contribution is 2.34. The lowest BCUT2D eigenvalue weighted by Gasteiger charge is -2.32. The van der Waals surface area contributed by atoms with E-state index >= 15 is 0 Å². The summed E-state index contributed by atoms with van der Waals surface area (Å²) in [6.07, 6.45) is -3.49. The van der Waals surface area contributed by atoms with Gasteiger partial charge in [-0.3, -0.25) is 4.79 Å². The van der Waals surface area contributed by atoms with E-state index in [1.165, 1.54) is 4.90 Å². The van der Waals surface area contributed by atoms with Crippen molar-refractivity contribution in [2.24, 2.45) is 11.7 Å². The van der Waals surface area contributed by atoms with Gasteiger partial charge >= 0.3 is 6.18 Å². The van der Waals surface area contributed by atoms with Crippen molar-refractivity contribution < 1.29 is 18.0 Å². The van der Waals surface area contributed by atoms with Gasteiger partial charge in [0, 0.05) is 43.5 Å². The number of nitrogens with zero attached hydrogens (tertiary/aromatic N) is 4. The maximum atomic E-state index is 12.8. The van der Waals surface area contributed by atoms with Crippen molar-refractivity contribution in [2.75, 3.05) is 31.1 Å². The summed E-state index contributed by atoms with van der Waals surface area (Å²) in [7, 11) is 0. The van der Waals surface area contributed by atoms with Crippen molar-refractivity contribution in [1.82, 2.24) is 14.9 Å². The zero-order valence-electron chi connectivity index (χ0n) is 15.0. The summed E-state index contributed by atoms with van der Waals surface area (Å²) in [6, 6.07) is 0.0743. The van der Waals surface area contributed by atoms with Crippen LogP contribution in [0.5, 0.6) is 0 Å². The number of anilines is 1. The average Bonchev–Trinajstić information content (AvgIpc) is 3.02. The Morgan fingerprint density at radius 2 is 1.77 bits per heavy atom. The normalized spacial score (nSPS) is 22.2. The van der Waals surface area contributed by atoms with Crippen LogP contribution in [0.1, 0.15) is 41.1 Å². The zero-order chi connectivity index (χ0) is 19.1. The number of alkyl halides is 3. The molecule has 0 radical (unpaired) electrons. The first-order chi connectivity index (χ1) is 12.2. The molecule has 1 atom stereocenters. The molecule has 0 bridgehead atoms. The number of aromatic nitrogens is 2. The number of aryl methyl sites for hydroxylation is 1. The molecule has 3 heterocycles. The van der Waals surface area contributed by atoms with Crippen LogP contribution in [-0.2, 0) is 0 Å². The summed E-state index contributed by atoms with van der Waals surface area (Å²) in [6.45, 7) is 5.29. The number of halogens is 3. The Balaban J connectivity index is 1.77. The van der Waals surface area contributed by atoms with Crippen molar-refractivity contribution in [1.29, 1.82) is 0 Å². The molecule has 1 aromatic heterocycles. The van der Waals surface area contributed by atoms with Crippen LogP contribution in [0.15, 0.2) is 0 Å². The highest BCUT2D eigenvalue weighted by atomic mass is 19.4. The van der Waals surface area contributed by atoms with Crippen LogP contribution < -0.4 is 10.6 Å². The molecule has 2 saturated heterocycles. The van der Waals surface area contributed by atoms with Crippen molar-refractivity contribution in [3.63, 3.8) is 0 Å². The van der Waals surface area contributed by atoms with Gasteiger partial charge in [0.25, 0.3) is 5.91 Å². The van der Waals surface area contributed by atoms with Gasteiger partial charge in [-0.2, -0.15) is 13.2 Å². The Hall–Kier alpha value is -1.90. The Kier molecular flexibility index (Phi) is 5.09. The van der Waals surface area contributed by atoms with Gasteiger partial charge in [0.1, 0.15) is 5.82 Å². The van der Waals surface area contributed by atoms with Gasteiger partial charge in [0.2, 0.25) is 5.82 Å². The maximum absolute atomic E-state index is 12.8. The highest BCUT2D eigenvalue weighted by molar-refractivity contribution is 5.91. The number of likely N-dealkylation sites (tertiary alicyclic amines) is 1. The molecule has 6 nitrogen and oxygen atoms in total. The molecule has 2 aliphatic heterocycles. The standard InChI is InChI=1S/C17H24F3N5O/c1-10-11(2)22-14(23-15(10)25-8-5-13(21)9-25)16(26)24-6-3-12(4-7-24)17(18,19)20/h12-13H,3-9,21H2,1-2H3/t13-/m1/s1. The first-order valence-electron chi connectivity index (χ1n) is 8.88. The summed E-state index contributed by atoms with van der Waals surface area (Å²) in [5, 5.41) is 0. The molecule has 0 spiro atoms. The molecule has 0 unspecified atom stereocenters. The zero-order valence-corrected chi connectivity index (χ0v) is 15.0. The molecule has 2 N–H and O–H groups in total. The number of hydrogen-bond donors (Lipinski definition) is 1. The van der Waals surface area contributed by atoms with Crippen LogP contribution in [0, 0.1) is 19.8 Å². The Morgan fingerprint density at radius 3 is 2.31 bits per heavy atom. The summed E-state index contributed by atoms with van der Waals surface area (Å²) in [5.41, 5.74) is 7.55. The molecular weight excluding hydrogens is 347 g/mol. The minimum atomic E-state index is -4.20. The Labute approximate surface area is 150 Å². The van der Waals surface area contributed by atoms with Crippen molar-refractivity contribution in [3.8, 4) is 0 Å². The second-order valence-corrected chi connectivity index (χ2v) is 7.18. The molecule has 144 valence electrons. The second-order valence-electron chi connectivity index (χ2n) is 7.18. The minimum absolute atomic E-state index is 0.0500. The van der Waals surface area contributed by atoms with E-state index in [1.807, 2.05) is 18.7 Å². The number of piperidine rings is 1. The molecule has 3 rings (SSSR count). The van der Waals surface area contributed by atoms with Gasteiger partial charge in [-0.25, -0.2) is 9.97 Å². The lowest BCUT2D eigenvalue weighted by molar-refractivity contribution is -0.183. The SMILES string of the molecule is Cc1nc(C(=O)N2CCC(C(F)(F)F)CC2)nc(N2CC[C@@H](N)C2)c1C. The predicted octanol–water partition coefficient (Wildman–Crippen LogP) is 2.05. The fourth-order valence-corrected chi connectivity index (χ4v) is 3.55. The Bertz CT molecular complexity index is 686. The van der Waals surface area contributed by atoms with Gasteiger partial charge in [-0.15, -0.1) is 0 Å². The van der Waals surface area contributed by atoms with E-state index < -0.39 is 18.0 Å². The Morgan fingerprint density at radius 1 is 1.12 bits per heavy atom. The van der Waals surface area contributed by atoms with Crippen LogP contribution in [0.3, 0.4) is 0 Å². The smallest absolute Gasteiger partial charge is 0.355 e. The molecule has 1 amide bonds. The third kappa shape index (κ3) is 3.77. The van der Waals surface area contributed by atoms with Gasteiger partial charge in [0.05, 0.1) is 5.92 Å². The molecule has 2 fully saturated rings. The van der Waals surface area contributed by atoms with E-state index in [4.69, 9.17) is 5.73 Å². The second kappa shape index (κ2) is 7.02. The third-order valence-corrected chi connectivity index (χ3v) is 5.32. The molecule has 0 aliphatic carbocycles. The topological polar surface area (TPSA) is 75.4 Å². The molecule has 26 heavy (non-hydrogen) atoms. The lowest BCUT2D eigenvalue weighted by atomic mass is 9.96. The van der Waals surface area contributed by atoms with Gasteiger partial charge in [-0.1, -0.05) is 0 Å². The third-order valence-electron chi connectivity index (χ3n) is 5.32. The van der Waals surface area contributed by atoms with E-state index in [0.29, 0.717) is 18.1 Å². The van der Waals surface area contributed by atoms with E-state index in [1.54, 1.807) is 0 Å². The summed E-state index contributed by atoms with van der Waals surface area (Å²) in [4.78, 5) is 24.9. The molecule has 0 saturated carbocycles. The minimum Gasteiger partial charge on any atom is -0.355 e. The quantitative estimate of drug-likeness (QED) is 0.861. The van der Waals surface area contributed by atoms with Gasteiger partial charge < -0.3 is 15.5 Å². The first-order valence-corrected chi connectivity index (χ1v) is 8.88. The monoisotopic (exact) mass is 371 g/mol. The number of carbonyl (C=O) groups excluding carboxylic acids is 1. The van der Waals surface area contributed by atoms with Crippen LogP contribution in [-0.4, -0.2) is 59.2 Å². The largest absolute Gasteiger partial charge is 0.391 e. The fraction of sp³-hybridized carbons (Fsp3) is 0.706.